The summed E-state index contributed by atoms with van der Waals surface area (Å²) in [5, 5.41) is 15.6. The molecule has 0 bridgehead atoms. The fourth-order valence-corrected chi connectivity index (χ4v) is 4.49. The largest absolute Gasteiger partial charge is 0.497 e. The number of nitrogens with one attached hydrogen (secondary N) is 1. The second-order valence-corrected chi connectivity index (χ2v) is 9.09. The number of thiophene rings is 1. The van der Waals surface area contributed by atoms with E-state index < -0.39 is 0 Å². The topological polar surface area (TPSA) is 81.4 Å². The Hall–Kier alpha value is -3.43. The predicted molar refractivity (Wildman–Crippen MR) is 133 cm³/mol. The number of aromatic nitrogens is 3. The van der Waals surface area contributed by atoms with E-state index in [1.165, 1.54) is 17.3 Å². The zero-order valence-corrected chi connectivity index (χ0v) is 20.1. The van der Waals surface area contributed by atoms with Crippen LogP contribution in [0.25, 0.3) is 17.1 Å². The Labute approximate surface area is 200 Å². The van der Waals surface area contributed by atoms with Crippen molar-refractivity contribution in [1.29, 1.82) is 0 Å². The number of carbonyl (C=O) groups is 1. The molecule has 9 heteroatoms. The molecule has 0 fully saturated rings. The van der Waals surface area contributed by atoms with E-state index >= 15 is 0 Å². The minimum atomic E-state index is -0.211. The second kappa shape index (κ2) is 10.5. The first-order valence-electron chi connectivity index (χ1n) is 10.2. The molecular formula is C24H23N5O2S2. The number of ether oxygens (including phenoxy) is 1. The van der Waals surface area contributed by atoms with Crippen LogP contribution in [0.15, 0.2) is 76.3 Å². The molecule has 2 heterocycles. The maximum atomic E-state index is 12.4. The van der Waals surface area contributed by atoms with Gasteiger partial charge in [-0.1, -0.05) is 47.7 Å². The van der Waals surface area contributed by atoms with Crippen LogP contribution in [0, 0.1) is 6.92 Å². The van der Waals surface area contributed by atoms with Crippen molar-refractivity contribution < 1.29 is 9.53 Å². The summed E-state index contributed by atoms with van der Waals surface area (Å²) in [6, 6.07) is 19.7. The quantitative estimate of drug-likeness (QED) is 0.221. The van der Waals surface area contributed by atoms with Crippen LogP contribution in [0.4, 0.5) is 0 Å². The highest BCUT2D eigenvalue weighted by Gasteiger charge is 2.17. The van der Waals surface area contributed by atoms with Gasteiger partial charge in [0.2, 0.25) is 0 Å². The third-order valence-electron chi connectivity index (χ3n) is 4.83. The van der Waals surface area contributed by atoms with E-state index in [-0.39, 0.29) is 11.7 Å². The molecule has 0 atom stereocenters. The molecule has 168 valence electrons. The molecular weight excluding hydrogens is 454 g/mol. The maximum Gasteiger partial charge on any atom is 0.250 e. The van der Waals surface area contributed by atoms with Crippen molar-refractivity contribution >= 4 is 34.7 Å². The number of hydrazone groups is 1. The maximum absolute atomic E-state index is 12.4. The van der Waals surface area contributed by atoms with Gasteiger partial charge in [-0.3, -0.25) is 9.36 Å². The average molecular weight is 478 g/mol. The van der Waals surface area contributed by atoms with Gasteiger partial charge in [0.1, 0.15) is 5.75 Å². The Bertz CT molecular complexity index is 1250. The van der Waals surface area contributed by atoms with E-state index in [1.807, 2.05) is 84.5 Å². The van der Waals surface area contributed by atoms with Gasteiger partial charge in [-0.2, -0.15) is 5.10 Å². The standard InChI is InChI=1S/C24H23N5O2S2/c1-16-6-8-18(9-7-16)23-27-28-24(29(23)19-10-12-20(31-3)13-11-19)33-15-22(30)26-25-17(2)21-5-4-14-32-21/h4-14H,15H2,1-3H3,(H,26,30). The Kier molecular flexibility index (Phi) is 7.21. The lowest BCUT2D eigenvalue weighted by Crippen LogP contribution is -2.21. The molecule has 1 N–H and O–H groups in total. The van der Waals surface area contributed by atoms with Crippen molar-refractivity contribution in [2.45, 2.75) is 19.0 Å². The van der Waals surface area contributed by atoms with Gasteiger partial charge in [0.25, 0.3) is 5.91 Å². The number of hydrogen-bond donors (Lipinski definition) is 1. The smallest absolute Gasteiger partial charge is 0.250 e. The van der Waals surface area contributed by atoms with Crippen LogP contribution in [0.5, 0.6) is 5.75 Å². The van der Waals surface area contributed by atoms with Crippen molar-refractivity contribution in [1.82, 2.24) is 20.2 Å². The highest BCUT2D eigenvalue weighted by atomic mass is 32.2. The van der Waals surface area contributed by atoms with Gasteiger partial charge in [-0.25, -0.2) is 5.43 Å². The van der Waals surface area contributed by atoms with Gasteiger partial charge in [-0.05, 0) is 49.6 Å². The third kappa shape index (κ3) is 5.50. The summed E-state index contributed by atoms with van der Waals surface area (Å²) in [6.45, 7) is 3.91. The number of hydrogen-bond acceptors (Lipinski definition) is 7. The number of carbonyl (C=O) groups excluding carboxylic acids is 1. The molecule has 1 amide bonds. The molecule has 2 aromatic carbocycles. The summed E-state index contributed by atoms with van der Waals surface area (Å²) in [4.78, 5) is 13.4. The SMILES string of the molecule is COc1ccc(-n2c(SCC(=O)NN=C(C)c3cccs3)nnc2-c2ccc(C)cc2)cc1. The molecule has 0 saturated heterocycles. The van der Waals surface area contributed by atoms with Crippen molar-refractivity contribution in [2.75, 3.05) is 12.9 Å². The fourth-order valence-electron chi connectivity index (χ4n) is 3.07. The molecule has 0 saturated carbocycles. The first kappa shape index (κ1) is 22.8. The van der Waals surface area contributed by atoms with Crippen molar-refractivity contribution in [2.24, 2.45) is 5.10 Å². The normalized spacial score (nSPS) is 11.4. The highest BCUT2D eigenvalue weighted by Crippen LogP contribution is 2.29. The Balaban J connectivity index is 1.56. The number of benzene rings is 2. The zero-order chi connectivity index (χ0) is 23.2. The van der Waals surface area contributed by atoms with E-state index in [0.717, 1.165) is 27.6 Å². The van der Waals surface area contributed by atoms with Gasteiger partial charge in [0.15, 0.2) is 11.0 Å². The summed E-state index contributed by atoms with van der Waals surface area (Å²) in [6.07, 6.45) is 0. The molecule has 0 aliphatic heterocycles. The lowest BCUT2D eigenvalue weighted by Gasteiger charge is -2.11. The lowest BCUT2D eigenvalue weighted by atomic mass is 10.1. The first-order valence-corrected chi connectivity index (χ1v) is 12.1. The molecule has 33 heavy (non-hydrogen) atoms. The monoisotopic (exact) mass is 477 g/mol. The summed E-state index contributed by atoms with van der Waals surface area (Å²) >= 11 is 2.89. The van der Waals surface area contributed by atoms with Gasteiger partial charge < -0.3 is 4.74 Å². The van der Waals surface area contributed by atoms with E-state index in [2.05, 4.69) is 20.7 Å². The predicted octanol–water partition coefficient (Wildman–Crippen LogP) is 4.95. The molecule has 4 rings (SSSR count). The lowest BCUT2D eigenvalue weighted by molar-refractivity contribution is -0.118. The van der Waals surface area contributed by atoms with E-state index in [4.69, 9.17) is 4.74 Å². The number of methoxy groups -OCH3 is 1. The molecule has 7 nitrogen and oxygen atoms in total. The zero-order valence-electron chi connectivity index (χ0n) is 18.5. The van der Waals surface area contributed by atoms with E-state index in [9.17, 15) is 4.79 Å². The summed E-state index contributed by atoms with van der Waals surface area (Å²) in [5.74, 6) is 1.41. The molecule has 0 spiro atoms. The molecule has 0 aliphatic carbocycles. The minimum absolute atomic E-state index is 0.156. The summed E-state index contributed by atoms with van der Waals surface area (Å²) < 4.78 is 7.23. The van der Waals surface area contributed by atoms with Crippen molar-refractivity contribution in [3.63, 3.8) is 0 Å². The minimum Gasteiger partial charge on any atom is -0.497 e. The Morgan fingerprint density at radius 2 is 1.88 bits per heavy atom. The van der Waals surface area contributed by atoms with E-state index in [0.29, 0.717) is 11.0 Å². The number of amides is 1. The molecule has 4 aromatic rings. The van der Waals surface area contributed by atoms with Crippen LogP contribution in [-0.2, 0) is 4.79 Å². The van der Waals surface area contributed by atoms with Crippen LogP contribution < -0.4 is 10.2 Å². The number of rotatable bonds is 8. The van der Waals surface area contributed by atoms with Crippen LogP contribution >= 0.6 is 23.1 Å². The van der Waals surface area contributed by atoms with Crippen LogP contribution in [0.1, 0.15) is 17.4 Å². The van der Waals surface area contributed by atoms with Crippen LogP contribution in [0.2, 0.25) is 0 Å². The van der Waals surface area contributed by atoms with E-state index in [1.54, 1.807) is 18.4 Å². The third-order valence-corrected chi connectivity index (χ3v) is 6.74. The van der Waals surface area contributed by atoms with Gasteiger partial charge in [0, 0.05) is 16.1 Å². The number of aryl methyl sites for hydroxylation is 1. The van der Waals surface area contributed by atoms with Crippen LogP contribution in [0.3, 0.4) is 0 Å². The molecule has 2 aromatic heterocycles. The molecule has 0 unspecified atom stereocenters. The Morgan fingerprint density at radius 3 is 2.55 bits per heavy atom. The fraction of sp³-hybridized carbons (Fsp3) is 0.167. The average Bonchev–Trinajstić information content (AvgIpc) is 3.52. The molecule has 0 radical (unpaired) electrons. The summed E-state index contributed by atoms with van der Waals surface area (Å²) in [7, 11) is 1.63. The van der Waals surface area contributed by atoms with Gasteiger partial charge in [0.05, 0.1) is 18.6 Å². The first-order chi connectivity index (χ1) is 16.0. The van der Waals surface area contributed by atoms with Crippen molar-refractivity contribution in [3.05, 3.63) is 76.5 Å². The van der Waals surface area contributed by atoms with Gasteiger partial charge >= 0.3 is 0 Å². The Morgan fingerprint density at radius 1 is 1.12 bits per heavy atom. The van der Waals surface area contributed by atoms with Crippen LogP contribution in [-0.4, -0.2) is 39.2 Å². The summed E-state index contributed by atoms with van der Waals surface area (Å²) in [5.41, 5.74) is 6.38. The van der Waals surface area contributed by atoms with Crippen molar-refractivity contribution in [3.8, 4) is 22.8 Å². The number of nitrogens with zero attached hydrogens (tertiary/aromatic N) is 4. The highest BCUT2D eigenvalue weighted by molar-refractivity contribution is 7.99. The van der Waals surface area contributed by atoms with Gasteiger partial charge in [-0.15, -0.1) is 21.5 Å². The second-order valence-electron chi connectivity index (χ2n) is 7.20. The molecule has 0 aliphatic rings. The number of thioether (sulfide) groups is 1.